The first-order chi connectivity index (χ1) is 8.94. The van der Waals surface area contributed by atoms with E-state index in [2.05, 4.69) is 20.8 Å². The van der Waals surface area contributed by atoms with Crippen molar-refractivity contribution in [2.45, 2.75) is 73.0 Å². The fourth-order valence-corrected chi connectivity index (χ4v) is 2.62. The van der Waals surface area contributed by atoms with Crippen molar-refractivity contribution in [1.82, 2.24) is 0 Å². The van der Waals surface area contributed by atoms with Crippen LogP contribution in [-0.2, 0) is 4.79 Å². The largest absolute Gasteiger partial charge is 0.481 e. The Morgan fingerprint density at radius 3 is 1.85 bits per heavy atom. The number of aliphatic hydroxyl groups is 2. The van der Waals surface area contributed by atoms with E-state index in [1.54, 1.807) is 0 Å². The lowest BCUT2D eigenvalue weighted by Gasteiger charge is -2.29. The van der Waals surface area contributed by atoms with E-state index < -0.39 is 24.1 Å². The van der Waals surface area contributed by atoms with Crippen LogP contribution in [0.3, 0.4) is 0 Å². The molecule has 20 heavy (non-hydrogen) atoms. The maximum Gasteiger partial charge on any atom is 0.308 e. The number of carboxylic acids is 1. The van der Waals surface area contributed by atoms with Gasteiger partial charge in [0.25, 0.3) is 0 Å². The molecule has 3 N–H and O–H groups in total. The molecule has 5 atom stereocenters. The van der Waals surface area contributed by atoms with Crippen molar-refractivity contribution in [1.29, 1.82) is 0 Å². The molecule has 0 aromatic heterocycles. The van der Waals surface area contributed by atoms with Crippen LogP contribution in [0.4, 0.5) is 0 Å². The summed E-state index contributed by atoms with van der Waals surface area (Å²) < 4.78 is 0. The molecule has 0 aromatic carbocycles. The van der Waals surface area contributed by atoms with E-state index in [1.165, 1.54) is 6.92 Å². The highest BCUT2D eigenvalue weighted by Crippen LogP contribution is 2.29. The molecule has 0 aliphatic rings. The number of carbonyl (C=O) groups is 1. The second kappa shape index (κ2) is 7.99. The van der Waals surface area contributed by atoms with Gasteiger partial charge in [0, 0.05) is 0 Å². The van der Waals surface area contributed by atoms with Crippen LogP contribution in [-0.4, -0.2) is 33.5 Å². The van der Waals surface area contributed by atoms with Gasteiger partial charge in [-0.2, -0.15) is 0 Å². The molecule has 120 valence electrons. The highest BCUT2D eigenvalue weighted by Gasteiger charge is 2.26. The zero-order valence-electron chi connectivity index (χ0n) is 13.8. The fraction of sp³-hybridized carbons (Fsp3) is 0.938. The predicted octanol–water partition coefficient (Wildman–Crippen LogP) is 2.92. The first-order valence-corrected chi connectivity index (χ1v) is 7.53. The molecule has 0 aromatic rings. The fourth-order valence-electron chi connectivity index (χ4n) is 2.62. The van der Waals surface area contributed by atoms with Crippen molar-refractivity contribution in [2.75, 3.05) is 0 Å². The van der Waals surface area contributed by atoms with E-state index >= 15 is 0 Å². The van der Waals surface area contributed by atoms with Crippen LogP contribution in [0.15, 0.2) is 0 Å². The van der Waals surface area contributed by atoms with E-state index in [4.69, 9.17) is 5.11 Å². The van der Waals surface area contributed by atoms with Gasteiger partial charge in [0.1, 0.15) is 0 Å². The topological polar surface area (TPSA) is 77.8 Å². The van der Waals surface area contributed by atoms with Gasteiger partial charge in [-0.1, -0.05) is 34.6 Å². The number of rotatable bonds is 8. The summed E-state index contributed by atoms with van der Waals surface area (Å²) in [6.07, 6.45) is 0.687. The third-order valence-electron chi connectivity index (χ3n) is 3.85. The molecular weight excluding hydrogens is 256 g/mol. The van der Waals surface area contributed by atoms with Crippen LogP contribution in [0.1, 0.15) is 60.8 Å². The third-order valence-corrected chi connectivity index (χ3v) is 3.85. The van der Waals surface area contributed by atoms with Crippen LogP contribution >= 0.6 is 0 Å². The van der Waals surface area contributed by atoms with Crippen LogP contribution in [0.5, 0.6) is 0 Å². The quantitative estimate of drug-likeness (QED) is 0.642. The average molecular weight is 288 g/mol. The summed E-state index contributed by atoms with van der Waals surface area (Å²) in [6.45, 7) is 12.0. The number of hydrogen-bond acceptors (Lipinski definition) is 3. The van der Waals surface area contributed by atoms with Gasteiger partial charge in [0.15, 0.2) is 0 Å². The third kappa shape index (κ3) is 7.85. The van der Waals surface area contributed by atoms with Gasteiger partial charge >= 0.3 is 5.97 Å². The Balaban J connectivity index is 4.25. The van der Waals surface area contributed by atoms with Gasteiger partial charge in [-0.05, 0) is 43.4 Å². The molecule has 0 radical (unpaired) electrons. The van der Waals surface area contributed by atoms with Gasteiger partial charge in [0.05, 0.1) is 18.1 Å². The molecule has 0 fully saturated rings. The van der Waals surface area contributed by atoms with Crippen molar-refractivity contribution in [3.63, 3.8) is 0 Å². The molecule has 0 saturated carbocycles. The first-order valence-electron chi connectivity index (χ1n) is 7.53. The van der Waals surface area contributed by atoms with Crippen molar-refractivity contribution in [3.8, 4) is 0 Å². The molecule has 0 heterocycles. The molecule has 0 amide bonds. The van der Waals surface area contributed by atoms with Crippen molar-refractivity contribution < 1.29 is 20.1 Å². The molecule has 5 unspecified atom stereocenters. The van der Waals surface area contributed by atoms with Gasteiger partial charge < -0.3 is 15.3 Å². The maximum absolute atomic E-state index is 10.8. The Morgan fingerprint density at radius 1 is 1.00 bits per heavy atom. The smallest absolute Gasteiger partial charge is 0.308 e. The Kier molecular flexibility index (Phi) is 7.74. The SMILES string of the molecule is CC(CC(O)C(C)CC(C)(C)C)CC(O)C(C)C(=O)O. The number of aliphatic hydroxyl groups excluding tert-OH is 2. The van der Waals surface area contributed by atoms with Crippen LogP contribution in [0.25, 0.3) is 0 Å². The average Bonchev–Trinajstić information content (AvgIpc) is 2.24. The van der Waals surface area contributed by atoms with Crippen LogP contribution in [0.2, 0.25) is 0 Å². The van der Waals surface area contributed by atoms with Gasteiger partial charge in [-0.15, -0.1) is 0 Å². The lowest BCUT2D eigenvalue weighted by molar-refractivity contribution is -0.145. The molecule has 4 heteroatoms. The molecule has 0 rings (SSSR count). The molecule has 0 spiro atoms. The van der Waals surface area contributed by atoms with Crippen molar-refractivity contribution >= 4 is 5.97 Å². The molecule has 0 bridgehead atoms. The zero-order chi connectivity index (χ0) is 16.1. The first kappa shape index (κ1) is 19.4. The predicted molar refractivity (Wildman–Crippen MR) is 80.4 cm³/mol. The molecular formula is C16H32O4. The van der Waals surface area contributed by atoms with Crippen molar-refractivity contribution in [3.05, 3.63) is 0 Å². The van der Waals surface area contributed by atoms with Crippen LogP contribution in [0, 0.1) is 23.2 Å². The van der Waals surface area contributed by atoms with Crippen molar-refractivity contribution in [2.24, 2.45) is 23.2 Å². The lowest BCUT2D eigenvalue weighted by Crippen LogP contribution is -2.29. The molecule has 0 aliphatic heterocycles. The summed E-state index contributed by atoms with van der Waals surface area (Å²) in [5, 5.41) is 28.9. The Hall–Kier alpha value is -0.610. The normalized spacial score (nSPS) is 20.0. The summed E-state index contributed by atoms with van der Waals surface area (Å²) in [4.78, 5) is 10.8. The maximum atomic E-state index is 10.8. The number of carboxylic acid groups (broad SMARTS) is 1. The minimum absolute atomic E-state index is 0.101. The molecule has 0 saturated heterocycles. The molecule has 0 aliphatic carbocycles. The van der Waals surface area contributed by atoms with Gasteiger partial charge in [0.2, 0.25) is 0 Å². The van der Waals surface area contributed by atoms with Gasteiger partial charge in [-0.25, -0.2) is 0 Å². The monoisotopic (exact) mass is 288 g/mol. The van der Waals surface area contributed by atoms with E-state index in [9.17, 15) is 15.0 Å². The second-order valence-electron chi connectivity index (χ2n) is 7.58. The number of aliphatic carboxylic acids is 1. The minimum Gasteiger partial charge on any atom is -0.481 e. The highest BCUT2D eigenvalue weighted by molar-refractivity contribution is 5.70. The summed E-state index contributed by atoms with van der Waals surface area (Å²) in [7, 11) is 0. The van der Waals surface area contributed by atoms with Gasteiger partial charge in [-0.3, -0.25) is 4.79 Å². The van der Waals surface area contributed by atoms with Crippen LogP contribution < -0.4 is 0 Å². The van der Waals surface area contributed by atoms with E-state index in [0.29, 0.717) is 12.8 Å². The zero-order valence-corrected chi connectivity index (χ0v) is 13.8. The van der Waals surface area contributed by atoms with E-state index in [1.807, 2.05) is 13.8 Å². The lowest BCUT2D eigenvalue weighted by atomic mass is 9.80. The summed E-state index contributed by atoms with van der Waals surface area (Å²) in [5.41, 5.74) is 0.182. The Labute approximate surface area is 123 Å². The number of hydrogen-bond donors (Lipinski definition) is 3. The summed E-state index contributed by atoms with van der Waals surface area (Å²) >= 11 is 0. The summed E-state index contributed by atoms with van der Waals surface area (Å²) in [5.74, 6) is -1.44. The second-order valence-corrected chi connectivity index (χ2v) is 7.58. The summed E-state index contributed by atoms with van der Waals surface area (Å²) in [6, 6.07) is 0. The van der Waals surface area contributed by atoms with E-state index in [-0.39, 0.29) is 17.3 Å². The highest BCUT2D eigenvalue weighted by atomic mass is 16.4. The standard InChI is InChI=1S/C16H32O4/c1-10(8-14(18)12(3)15(19)20)7-13(17)11(2)9-16(4,5)6/h10-14,17-18H,7-9H2,1-6H3,(H,19,20). The molecule has 4 nitrogen and oxygen atoms in total. The van der Waals surface area contributed by atoms with E-state index in [0.717, 1.165) is 6.42 Å². The Morgan fingerprint density at radius 2 is 1.45 bits per heavy atom. The Bertz CT molecular complexity index is 295. The minimum atomic E-state index is -0.980.